The van der Waals surface area contributed by atoms with Crippen molar-refractivity contribution in [1.82, 2.24) is 0 Å². The first-order valence-electron chi connectivity index (χ1n) is 8.51. The fraction of sp³-hybridized carbons (Fsp3) is 0.286. The summed E-state index contributed by atoms with van der Waals surface area (Å²) < 4.78 is 5.97. The Hall–Kier alpha value is -2.55. The smallest absolute Gasteiger partial charge is 0.129 e. The number of nitrogens with zero attached hydrogens (tertiary/aromatic N) is 1. The van der Waals surface area contributed by atoms with Crippen LogP contribution in [0, 0.1) is 0 Å². The van der Waals surface area contributed by atoms with E-state index in [4.69, 9.17) is 4.74 Å². The zero-order valence-electron chi connectivity index (χ0n) is 14.0. The van der Waals surface area contributed by atoms with Crippen molar-refractivity contribution in [3.63, 3.8) is 0 Å². The van der Waals surface area contributed by atoms with Crippen LogP contribution in [0.5, 0.6) is 5.75 Å². The summed E-state index contributed by atoms with van der Waals surface area (Å²) in [6.07, 6.45) is 7.81. The molecule has 3 heteroatoms. The normalized spacial score (nSPS) is 18.5. The molecule has 0 saturated carbocycles. The summed E-state index contributed by atoms with van der Waals surface area (Å²) in [6.45, 7) is 2.17. The lowest BCUT2D eigenvalue weighted by molar-refractivity contribution is 0.243. The van der Waals surface area contributed by atoms with Crippen LogP contribution in [-0.2, 0) is 12.8 Å². The molecule has 2 aromatic carbocycles. The zero-order chi connectivity index (χ0) is 16.8. The van der Waals surface area contributed by atoms with Gasteiger partial charge in [-0.25, -0.2) is 0 Å². The number of hydrogen-bond donors (Lipinski definition) is 1. The molecule has 1 aliphatic rings. The summed E-state index contributed by atoms with van der Waals surface area (Å²) >= 11 is 0. The number of hydrogen-bond acceptors (Lipinski definition) is 3. The number of allylic oxidation sites excluding steroid dienone is 1. The minimum absolute atomic E-state index is 0.0757. The van der Waals surface area contributed by atoms with E-state index in [-0.39, 0.29) is 6.10 Å². The summed E-state index contributed by atoms with van der Waals surface area (Å²) in [4.78, 5) is 0. The van der Waals surface area contributed by atoms with Crippen LogP contribution in [0.2, 0.25) is 0 Å². The lowest BCUT2D eigenvalue weighted by Crippen LogP contribution is -2.25. The third-order valence-corrected chi connectivity index (χ3v) is 4.37. The number of benzene rings is 2. The minimum atomic E-state index is -0.0757. The maximum Gasteiger partial charge on any atom is 0.129 e. The molecule has 0 bridgehead atoms. The topological polar surface area (TPSA) is 41.8 Å². The summed E-state index contributed by atoms with van der Waals surface area (Å²) in [6, 6.07) is 16.5. The first-order chi connectivity index (χ1) is 11.8. The van der Waals surface area contributed by atoms with Gasteiger partial charge in [-0.05, 0) is 48.6 Å². The van der Waals surface area contributed by atoms with E-state index in [1.165, 1.54) is 11.1 Å². The van der Waals surface area contributed by atoms with Crippen molar-refractivity contribution in [2.24, 2.45) is 5.16 Å². The van der Waals surface area contributed by atoms with Gasteiger partial charge in [0.25, 0.3) is 0 Å². The summed E-state index contributed by atoms with van der Waals surface area (Å²) in [5.74, 6) is 0.779. The number of para-hydroxylation sites is 1. The lowest BCUT2D eigenvalue weighted by atomic mass is 9.99. The van der Waals surface area contributed by atoms with Crippen molar-refractivity contribution in [2.75, 3.05) is 0 Å². The Labute approximate surface area is 143 Å². The molecule has 1 unspecified atom stereocenters. The van der Waals surface area contributed by atoms with Crippen LogP contribution in [0.1, 0.15) is 36.5 Å². The monoisotopic (exact) mass is 321 g/mol. The Balaban J connectivity index is 1.57. The van der Waals surface area contributed by atoms with Crippen LogP contribution >= 0.6 is 0 Å². The largest absolute Gasteiger partial charge is 0.485 e. The SMILES string of the molecule is CCc1ccc(CC/C=C/C2CC(=NO)c3ccccc3O2)cc1. The highest BCUT2D eigenvalue weighted by atomic mass is 16.5. The standard InChI is InChI=1S/C21H23NO2/c1-2-16-11-13-17(14-12-16)7-3-4-8-18-15-20(22-23)19-9-5-6-10-21(19)24-18/h4-6,8-14,18,23H,2-3,7,15H2,1H3/b8-4+,22-20?. The van der Waals surface area contributed by atoms with Crippen molar-refractivity contribution >= 4 is 5.71 Å². The molecule has 1 N–H and O–H groups in total. The molecule has 0 spiro atoms. The van der Waals surface area contributed by atoms with E-state index in [1.807, 2.05) is 24.3 Å². The second-order valence-electron chi connectivity index (χ2n) is 6.04. The Bertz CT molecular complexity index is 732. The molecule has 0 aromatic heterocycles. The Kier molecular flexibility index (Phi) is 5.32. The van der Waals surface area contributed by atoms with Crippen LogP contribution in [0.3, 0.4) is 0 Å². The van der Waals surface area contributed by atoms with Crippen molar-refractivity contribution in [2.45, 2.75) is 38.7 Å². The molecule has 2 aromatic rings. The average Bonchev–Trinajstić information content (AvgIpc) is 2.65. The van der Waals surface area contributed by atoms with Gasteiger partial charge in [0.2, 0.25) is 0 Å². The van der Waals surface area contributed by atoms with E-state index in [0.29, 0.717) is 12.1 Å². The molecule has 124 valence electrons. The van der Waals surface area contributed by atoms with Gasteiger partial charge >= 0.3 is 0 Å². The van der Waals surface area contributed by atoms with E-state index in [1.54, 1.807) is 0 Å². The highest BCUT2D eigenvalue weighted by Crippen LogP contribution is 2.28. The number of oxime groups is 1. The van der Waals surface area contributed by atoms with Crippen molar-refractivity contribution < 1.29 is 9.94 Å². The molecule has 0 saturated heterocycles. The zero-order valence-corrected chi connectivity index (χ0v) is 14.0. The molecule has 1 aliphatic heterocycles. The van der Waals surface area contributed by atoms with Crippen molar-refractivity contribution in [3.8, 4) is 5.75 Å². The molecular weight excluding hydrogens is 298 g/mol. The van der Waals surface area contributed by atoms with Crippen LogP contribution in [0.4, 0.5) is 0 Å². The predicted molar refractivity (Wildman–Crippen MR) is 97.1 cm³/mol. The van der Waals surface area contributed by atoms with Gasteiger partial charge in [0.15, 0.2) is 0 Å². The molecule has 3 nitrogen and oxygen atoms in total. The number of ether oxygens (including phenoxy) is 1. The number of rotatable bonds is 5. The van der Waals surface area contributed by atoms with Gasteiger partial charge in [0.1, 0.15) is 11.9 Å². The van der Waals surface area contributed by atoms with Gasteiger partial charge in [-0.3, -0.25) is 0 Å². The maximum atomic E-state index is 9.23. The Morgan fingerprint density at radius 3 is 2.62 bits per heavy atom. The van der Waals surface area contributed by atoms with E-state index in [0.717, 1.165) is 30.6 Å². The molecular formula is C21H23NO2. The first kappa shape index (κ1) is 16.3. The molecule has 3 rings (SSSR count). The Morgan fingerprint density at radius 1 is 1.12 bits per heavy atom. The van der Waals surface area contributed by atoms with Gasteiger partial charge in [-0.2, -0.15) is 0 Å². The van der Waals surface area contributed by atoms with Crippen LogP contribution in [0.15, 0.2) is 65.8 Å². The average molecular weight is 321 g/mol. The molecule has 0 amide bonds. The van der Waals surface area contributed by atoms with E-state index in [9.17, 15) is 5.21 Å². The van der Waals surface area contributed by atoms with Gasteiger partial charge in [0.05, 0.1) is 5.71 Å². The van der Waals surface area contributed by atoms with Gasteiger partial charge in [-0.15, -0.1) is 0 Å². The third-order valence-electron chi connectivity index (χ3n) is 4.37. The second-order valence-corrected chi connectivity index (χ2v) is 6.04. The lowest BCUT2D eigenvalue weighted by Gasteiger charge is -2.24. The molecule has 0 aliphatic carbocycles. The number of fused-ring (bicyclic) bond motifs is 1. The van der Waals surface area contributed by atoms with Crippen LogP contribution in [0.25, 0.3) is 0 Å². The quantitative estimate of drug-likeness (QED) is 0.490. The van der Waals surface area contributed by atoms with E-state index < -0.39 is 0 Å². The molecule has 1 heterocycles. The summed E-state index contributed by atoms with van der Waals surface area (Å²) in [5, 5.41) is 12.7. The first-order valence-corrected chi connectivity index (χ1v) is 8.51. The van der Waals surface area contributed by atoms with Gasteiger partial charge < -0.3 is 9.94 Å². The summed E-state index contributed by atoms with van der Waals surface area (Å²) in [5.41, 5.74) is 4.28. The molecule has 0 radical (unpaired) electrons. The van der Waals surface area contributed by atoms with Crippen molar-refractivity contribution in [3.05, 3.63) is 77.4 Å². The maximum absolute atomic E-state index is 9.23. The molecule has 0 fully saturated rings. The van der Waals surface area contributed by atoms with Gasteiger partial charge in [-0.1, -0.05) is 54.6 Å². The Morgan fingerprint density at radius 2 is 1.88 bits per heavy atom. The number of aryl methyl sites for hydroxylation is 2. The minimum Gasteiger partial charge on any atom is -0.485 e. The van der Waals surface area contributed by atoms with Crippen molar-refractivity contribution in [1.29, 1.82) is 0 Å². The fourth-order valence-corrected chi connectivity index (χ4v) is 2.95. The fourth-order valence-electron chi connectivity index (χ4n) is 2.95. The van der Waals surface area contributed by atoms with Crippen LogP contribution in [-0.4, -0.2) is 17.0 Å². The van der Waals surface area contributed by atoms with E-state index in [2.05, 4.69) is 48.5 Å². The second kappa shape index (κ2) is 7.82. The van der Waals surface area contributed by atoms with E-state index >= 15 is 0 Å². The molecule has 1 atom stereocenters. The van der Waals surface area contributed by atoms with Crippen LogP contribution < -0.4 is 4.74 Å². The summed E-state index contributed by atoms with van der Waals surface area (Å²) in [7, 11) is 0. The predicted octanol–water partition coefficient (Wildman–Crippen LogP) is 4.77. The molecule has 24 heavy (non-hydrogen) atoms. The highest BCUT2D eigenvalue weighted by Gasteiger charge is 2.23. The third kappa shape index (κ3) is 3.85. The highest BCUT2D eigenvalue weighted by molar-refractivity contribution is 6.03. The van der Waals surface area contributed by atoms with Gasteiger partial charge in [0, 0.05) is 12.0 Å².